The maximum absolute atomic E-state index is 14.2. The maximum atomic E-state index is 14.2. The highest BCUT2D eigenvalue weighted by atomic mass is 19.4. The summed E-state index contributed by atoms with van der Waals surface area (Å²) in [5.41, 5.74) is 3.34. The smallest absolute Gasteiger partial charge is 0.486 e. The number of alkyl halides is 5. The summed E-state index contributed by atoms with van der Waals surface area (Å²) < 4.78 is 84.5. The zero-order chi connectivity index (χ0) is 31.4. The molecule has 15 heteroatoms. The SMILES string of the molecule is C[C@H](Oc1cccc(N2NC(C(F)(F)F)C3=C2N(C(=O)N2CCC(C(=O)O)CC2)CCC3)c1)c1ccc2c(c1)OC(F)(F)O2. The van der Waals surface area contributed by atoms with Gasteiger partial charge in [0.25, 0.3) is 0 Å². The second-order valence-electron chi connectivity index (χ2n) is 11.1. The van der Waals surface area contributed by atoms with Crippen molar-refractivity contribution in [3.8, 4) is 17.2 Å². The van der Waals surface area contributed by atoms with Crippen molar-refractivity contribution in [3.05, 3.63) is 59.4 Å². The van der Waals surface area contributed by atoms with Crippen molar-refractivity contribution in [1.82, 2.24) is 15.2 Å². The van der Waals surface area contributed by atoms with Gasteiger partial charge in [0.1, 0.15) is 23.7 Å². The molecule has 2 N–H and O–H groups in total. The Balaban J connectivity index is 1.25. The summed E-state index contributed by atoms with van der Waals surface area (Å²) in [6, 6.07) is 8.02. The van der Waals surface area contributed by atoms with Crippen LogP contribution in [0.25, 0.3) is 0 Å². The van der Waals surface area contributed by atoms with Crippen molar-refractivity contribution in [3.63, 3.8) is 0 Å². The number of likely N-dealkylation sites (tertiary alicyclic amines) is 1. The molecule has 1 fully saturated rings. The largest absolute Gasteiger partial charge is 0.586 e. The number of carbonyl (C=O) groups is 2. The minimum atomic E-state index is -4.64. The van der Waals surface area contributed by atoms with E-state index in [-0.39, 0.29) is 73.2 Å². The average Bonchev–Trinajstić information content (AvgIpc) is 3.53. The molecule has 236 valence electrons. The van der Waals surface area contributed by atoms with Gasteiger partial charge in [0.05, 0.1) is 11.6 Å². The fourth-order valence-corrected chi connectivity index (χ4v) is 5.95. The van der Waals surface area contributed by atoms with E-state index < -0.39 is 42.5 Å². The van der Waals surface area contributed by atoms with E-state index in [0.717, 1.165) is 0 Å². The van der Waals surface area contributed by atoms with Crippen LogP contribution in [0.5, 0.6) is 17.2 Å². The quantitative estimate of drug-likeness (QED) is 0.413. The van der Waals surface area contributed by atoms with E-state index in [9.17, 15) is 36.6 Å². The van der Waals surface area contributed by atoms with Gasteiger partial charge in [0, 0.05) is 31.3 Å². The zero-order valence-electron chi connectivity index (χ0n) is 23.4. The Bertz CT molecular complexity index is 1490. The molecular weight excluding hydrogens is 595 g/mol. The number of benzene rings is 2. The summed E-state index contributed by atoms with van der Waals surface area (Å²) >= 11 is 0. The molecule has 6 rings (SSSR count). The third-order valence-electron chi connectivity index (χ3n) is 8.15. The van der Waals surface area contributed by atoms with E-state index in [0.29, 0.717) is 12.0 Å². The summed E-state index contributed by atoms with van der Waals surface area (Å²) in [4.78, 5) is 27.8. The maximum Gasteiger partial charge on any atom is 0.586 e. The van der Waals surface area contributed by atoms with Gasteiger partial charge >= 0.3 is 24.5 Å². The van der Waals surface area contributed by atoms with E-state index in [1.807, 2.05) is 0 Å². The lowest BCUT2D eigenvalue weighted by molar-refractivity contribution is -0.286. The molecule has 2 aromatic rings. The summed E-state index contributed by atoms with van der Waals surface area (Å²) in [7, 11) is 0. The van der Waals surface area contributed by atoms with Gasteiger partial charge in [-0.1, -0.05) is 12.1 Å². The number of amides is 2. The first-order valence-electron chi connectivity index (χ1n) is 14.1. The number of anilines is 1. The van der Waals surface area contributed by atoms with Crippen LogP contribution in [0.4, 0.5) is 32.4 Å². The van der Waals surface area contributed by atoms with E-state index in [1.54, 1.807) is 25.1 Å². The molecule has 4 aliphatic rings. The minimum Gasteiger partial charge on any atom is -0.486 e. The van der Waals surface area contributed by atoms with Gasteiger partial charge in [0.15, 0.2) is 11.5 Å². The van der Waals surface area contributed by atoms with Crippen LogP contribution in [-0.4, -0.2) is 65.1 Å². The first kappa shape index (κ1) is 29.8. The molecule has 0 saturated carbocycles. The number of rotatable bonds is 5. The average molecular weight is 625 g/mol. The number of carboxylic acid groups (broad SMARTS) is 1. The minimum absolute atomic E-state index is 0.0365. The molecule has 1 saturated heterocycles. The van der Waals surface area contributed by atoms with Crippen molar-refractivity contribution in [2.24, 2.45) is 5.92 Å². The zero-order valence-corrected chi connectivity index (χ0v) is 23.4. The molecule has 1 unspecified atom stereocenters. The summed E-state index contributed by atoms with van der Waals surface area (Å²) in [6.45, 7) is 2.23. The number of ether oxygens (including phenoxy) is 3. The molecule has 44 heavy (non-hydrogen) atoms. The molecule has 4 aliphatic heterocycles. The molecule has 0 aliphatic carbocycles. The lowest BCUT2D eigenvalue weighted by Gasteiger charge is -2.39. The van der Waals surface area contributed by atoms with Gasteiger partial charge in [-0.3, -0.25) is 14.7 Å². The molecule has 2 aromatic carbocycles. The number of nitrogens with zero attached hydrogens (tertiary/aromatic N) is 3. The summed E-state index contributed by atoms with van der Waals surface area (Å²) in [5.74, 6) is -1.40. The van der Waals surface area contributed by atoms with Gasteiger partial charge < -0.3 is 24.2 Å². The molecule has 0 bridgehead atoms. The number of hydrogen-bond donors (Lipinski definition) is 2. The molecule has 0 spiro atoms. The standard InChI is InChI=1S/C29H29F5N4O6/c1-16(18-7-8-22-23(14-18)44-29(33,34)43-22)42-20-5-2-4-19(15-20)38-25-21(24(35-38)28(30,31)32)6-3-11-37(25)27(41)36-12-9-17(10-13-36)26(39)40/h2,4-5,7-8,14-17,24,35H,3,6,9-13H2,1H3,(H,39,40)/t16-,24?/m0/s1. The Morgan fingerprint density at radius 2 is 1.80 bits per heavy atom. The number of carbonyl (C=O) groups excluding carboxylic acids is 1. The topological polar surface area (TPSA) is 104 Å². The Labute approximate surface area is 248 Å². The first-order valence-corrected chi connectivity index (χ1v) is 14.1. The fourth-order valence-electron chi connectivity index (χ4n) is 5.95. The number of fused-ring (bicyclic) bond motifs is 1. The van der Waals surface area contributed by atoms with Crippen molar-refractivity contribution in [2.45, 2.75) is 57.2 Å². The predicted octanol–water partition coefficient (Wildman–Crippen LogP) is 5.63. The van der Waals surface area contributed by atoms with Crippen LogP contribution in [0.3, 0.4) is 0 Å². The highest BCUT2D eigenvalue weighted by molar-refractivity contribution is 5.79. The third kappa shape index (κ3) is 5.67. The van der Waals surface area contributed by atoms with Gasteiger partial charge in [-0.2, -0.15) is 13.2 Å². The number of hydrazine groups is 1. The van der Waals surface area contributed by atoms with Crippen LogP contribution < -0.4 is 24.6 Å². The van der Waals surface area contributed by atoms with Crippen LogP contribution in [0.1, 0.15) is 44.3 Å². The van der Waals surface area contributed by atoms with Gasteiger partial charge in [-0.25, -0.2) is 10.2 Å². The number of urea groups is 1. The second kappa shape index (κ2) is 11.0. The van der Waals surface area contributed by atoms with Crippen LogP contribution in [0.15, 0.2) is 53.9 Å². The fraction of sp³-hybridized carbons (Fsp3) is 0.448. The van der Waals surface area contributed by atoms with Crippen molar-refractivity contribution in [2.75, 3.05) is 24.6 Å². The Morgan fingerprint density at radius 3 is 2.50 bits per heavy atom. The lowest BCUT2D eigenvalue weighted by atomic mass is 9.97. The predicted molar refractivity (Wildman–Crippen MR) is 144 cm³/mol. The first-order chi connectivity index (χ1) is 20.8. The van der Waals surface area contributed by atoms with E-state index in [2.05, 4.69) is 14.9 Å². The van der Waals surface area contributed by atoms with Crippen molar-refractivity contribution < 1.29 is 50.9 Å². The number of aliphatic carboxylic acids is 1. The molecular formula is C29H29F5N4O6. The van der Waals surface area contributed by atoms with E-state index >= 15 is 0 Å². The van der Waals surface area contributed by atoms with Gasteiger partial charge in [-0.15, -0.1) is 8.78 Å². The highest BCUT2D eigenvalue weighted by Gasteiger charge is 2.52. The Morgan fingerprint density at radius 1 is 1.07 bits per heavy atom. The van der Waals surface area contributed by atoms with Gasteiger partial charge in [0.2, 0.25) is 0 Å². The van der Waals surface area contributed by atoms with Crippen LogP contribution in [0.2, 0.25) is 0 Å². The van der Waals surface area contributed by atoms with Crippen LogP contribution in [0, 0.1) is 5.92 Å². The monoisotopic (exact) mass is 624 g/mol. The number of nitrogens with one attached hydrogen (secondary N) is 1. The Kier molecular flexibility index (Phi) is 7.46. The highest BCUT2D eigenvalue weighted by Crippen LogP contribution is 2.44. The molecule has 2 amide bonds. The molecule has 4 heterocycles. The van der Waals surface area contributed by atoms with Crippen molar-refractivity contribution in [1.29, 1.82) is 0 Å². The molecule has 0 aromatic heterocycles. The molecule has 0 radical (unpaired) electrons. The van der Waals surface area contributed by atoms with Crippen molar-refractivity contribution >= 4 is 17.7 Å². The molecule has 2 atom stereocenters. The van der Waals surface area contributed by atoms with Crippen LogP contribution in [-0.2, 0) is 4.79 Å². The normalized spacial score (nSPS) is 22.2. The number of halogens is 5. The van der Waals surface area contributed by atoms with Crippen LogP contribution >= 0.6 is 0 Å². The Hall–Kier alpha value is -4.27. The summed E-state index contributed by atoms with van der Waals surface area (Å²) in [6.07, 6.45) is -8.09. The van der Waals surface area contributed by atoms with E-state index in [4.69, 9.17) is 4.74 Å². The van der Waals surface area contributed by atoms with Gasteiger partial charge in [-0.05, 0) is 62.4 Å². The second-order valence-corrected chi connectivity index (χ2v) is 11.1. The lowest BCUT2D eigenvalue weighted by Crippen LogP contribution is -2.51. The number of carboxylic acids is 1. The van der Waals surface area contributed by atoms with E-state index in [1.165, 1.54) is 39.1 Å². The number of piperidine rings is 1. The third-order valence-corrected chi connectivity index (χ3v) is 8.15. The molecule has 10 nitrogen and oxygen atoms in total. The number of hydrogen-bond acceptors (Lipinski definition) is 7. The summed E-state index contributed by atoms with van der Waals surface area (Å²) in [5, 5.41) is 10.6.